The van der Waals surface area contributed by atoms with Gasteiger partial charge in [0.05, 0.1) is 11.6 Å². The predicted octanol–water partition coefficient (Wildman–Crippen LogP) is 0.745. The lowest BCUT2D eigenvalue weighted by molar-refractivity contribution is -0.153. The average Bonchev–Trinajstić information content (AvgIpc) is 3.54. The lowest BCUT2D eigenvalue weighted by atomic mass is 9.57. The zero-order valence-electron chi connectivity index (χ0n) is 20.8. The van der Waals surface area contributed by atoms with Gasteiger partial charge < -0.3 is 31.5 Å². The van der Waals surface area contributed by atoms with E-state index in [0.717, 1.165) is 12.8 Å². The number of likely N-dealkylation sites (N-methyl/N-ethyl adjacent to an activating group) is 1. The lowest BCUT2D eigenvalue weighted by Crippen LogP contribution is -2.65. The van der Waals surface area contributed by atoms with E-state index >= 15 is 4.39 Å². The topological polar surface area (TPSA) is 173 Å². The normalized spacial score (nSPS) is 30.3. The molecule has 1 aromatic rings. The maximum absolute atomic E-state index is 15.7. The summed E-state index contributed by atoms with van der Waals surface area (Å²) in [4.78, 5) is 40.3. The molecule has 5 rings (SSSR count). The number of halogens is 1. The number of aromatic hydroxyl groups is 1. The summed E-state index contributed by atoms with van der Waals surface area (Å²) in [7, 11) is 3.04. The average molecular weight is 516 g/mol. The van der Waals surface area contributed by atoms with Gasteiger partial charge in [0.15, 0.2) is 11.4 Å². The molecule has 0 heterocycles. The van der Waals surface area contributed by atoms with Gasteiger partial charge >= 0.3 is 0 Å². The van der Waals surface area contributed by atoms with Crippen LogP contribution in [0.4, 0.5) is 4.39 Å². The van der Waals surface area contributed by atoms with E-state index in [1.165, 1.54) is 25.1 Å². The maximum atomic E-state index is 15.7. The van der Waals surface area contributed by atoms with Crippen molar-refractivity contribution in [1.29, 1.82) is 0 Å². The third-order valence-corrected chi connectivity index (χ3v) is 8.43. The molecule has 2 saturated carbocycles. The molecule has 0 radical (unpaired) electrons. The molecular formula is C26H30FN3O7. The highest BCUT2D eigenvalue weighted by atomic mass is 19.1. The molecule has 4 atom stereocenters. The summed E-state index contributed by atoms with van der Waals surface area (Å²) < 4.78 is 15.7. The number of fused-ring (bicyclic) bond motifs is 3. The lowest BCUT2D eigenvalue weighted by Gasteiger charge is -2.50. The van der Waals surface area contributed by atoms with Gasteiger partial charge in [-0.1, -0.05) is 0 Å². The minimum atomic E-state index is -2.72. The number of phenols is 1. The molecule has 11 heteroatoms. The molecule has 1 amide bonds. The molecule has 4 aliphatic carbocycles. The monoisotopic (exact) mass is 515 g/mol. The number of aliphatic hydroxyl groups excluding tert-OH is 2. The van der Waals surface area contributed by atoms with Gasteiger partial charge in [-0.15, -0.1) is 0 Å². The summed E-state index contributed by atoms with van der Waals surface area (Å²) in [6.45, 7) is 2.18. The largest absolute Gasteiger partial charge is 0.508 e. The number of nitrogens with zero attached hydrogens (tertiary/aromatic N) is 1. The minimum Gasteiger partial charge on any atom is -0.508 e. The Hall–Kier alpha value is -3.28. The molecule has 1 aromatic carbocycles. The van der Waals surface area contributed by atoms with Crippen LogP contribution in [0, 0.1) is 17.7 Å². The van der Waals surface area contributed by atoms with Gasteiger partial charge in [-0.2, -0.15) is 0 Å². The van der Waals surface area contributed by atoms with Crippen LogP contribution in [0.2, 0.25) is 0 Å². The summed E-state index contributed by atoms with van der Waals surface area (Å²) in [6, 6.07) is 0.00386. The molecule has 0 aromatic heterocycles. The van der Waals surface area contributed by atoms with Gasteiger partial charge in [-0.3, -0.25) is 19.3 Å². The van der Waals surface area contributed by atoms with Crippen molar-refractivity contribution < 1.29 is 39.2 Å². The van der Waals surface area contributed by atoms with Crippen molar-refractivity contribution in [3.8, 4) is 5.75 Å². The highest BCUT2D eigenvalue weighted by Gasteiger charge is 2.64. The van der Waals surface area contributed by atoms with Crippen molar-refractivity contribution in [1.82, 2.24) is 10.2 Å². The van der Waals surface area contributed by atoms with Gasteiger partial charge in [-0.05, 0) is 58.7 Å². The second kappa shape index (κ2) is 8.11. The van der Waals surface area contributed by atoms with Crippen LogP contribution in [0.1, 0.15) is 42.9 Å². The van der Waals surface area contributed by atoms with Crippen molar-refractivity contribution in [2.75, 3.05) is 14.1 Å². The first-order chi connectivity index (χ1) is 17.2. The summed E-state index contributed by atoms with van der Waals surface area (Å²) >= 11 is 0. The number of carbonyl (C=O) groups excluding carboxylic acids is 3. The molecule has 0 unspecified atom stereocenters. The highest BCUT2D eigenvalue weighted by molar-refractivity contribution is 6.24. The van der Waals surface area contributed by atoms with E-state index in [4.69, 9.17) is 5.73 Å². The van der Waals surface area contributed by atoms with E-state index in [2.05, 4.69) is 5.32 Å². The SMILES string of the molecule is CN(C)[C@@H]1C(=O)C(C(N)=O)=C(O)[C@@]2(O)C(=O)C3=C(O)c4c(O)cc(CNC5(C)CC5)c(F)c4C[C@H]3C[C@@H]12. The standard InChI is InChI=1S/C26H30FN3O7/c1-25(4-5-25)29-9-11-8-14(31)16-12(18(11)27)6-10-7-13-19(30(2)3)21(33)17(24(28)36)23(35)26(13,37)22(34)15(10)20(16)32/h8,10,13,19,29,31-32,35,37H,4-7,9H2,1-3H3,(H2,28,36)/t10-,13-,19-,26-/m0/s1. The Morgan fingerprint density at radius 3 is 2.46 bits per heavy atom. The van der Waals surface area contributed by atoms with Gasteiger partial charge in [0, 0.05) is 34.7 Å². The van der Waals surface area contributed by atoms with Crippen molar-refractivity contribution in [2.45, 2.75) is 56.3 Å². The van der Waals surface area contributed by atoms with Crippen molar-refractivity contribution in [3.63, 3.8) is 0 Å². The fraction of sp³-hybridized carbons (Fsp3) is 0.500. The number of carbonyl (C=O) groups is 3. The van der Waals surface area contributed by atoms with Crippen LogP contribution in [0.3, 0.4) is 0 Å². The number of rotatable bonds is 5. The van der Waals surface area contributed by atoms with Crippen molar-refractivity contribution >= 4 is 23.2 Å². The fourth-order valence-electron chi connectivity index (χ4n) is 6.15. The third-order valence-electron chi connectivity index (χ3n) is 8.43. The fourth-order valence-corrected chi connectivity index (χ4v) is 6.15. The Labute approximate surface area is 212 Å². The first-order valence-corrected chi connectivity index (χ1v) is 12.2. The number of phenolic OH excluding ortho intramolecular Hbond substituents is 1. The van der Waals surface area contributed by atoms with E-state index in [-0.39, 0.29) is 47.2 Å². The zero-order valence-corrected chi connectivity index (χ0v) is 20.8. The number of nitrogens with one attached hydrogen (secondary N) is 1. The number of ketones is 2. The van der Waals surface area contributed by atoms with Crippen molar-refractivity contribution in [2.24, 2.45) is 17.6 Å². The zero-order chi connectivity index (χ0) is 27.2. The molecule has 2 fully saturated rings. The number of aliphatic hydroxyl groups is 3. The summed E-state index contributed by atoms with van der Waals surface area (Å²) in [5, 5.41) is 47.5. The molecule has 198 valence electrons. The van der Waals surface area contributed by atoms with E-state index in [1.807, 2.05) is 6.92 Å². The van der Waals surface area contributed by atoms with E-state index in [1.54, 1.807) is 0 Å². The number of Topliss-reactive ketones (excluding diaryl/α,β-unsaturated/α-hetero) is 2. The van der Waals surface area contributed by atoms with Crippen LogP contribution in [0.25, 0.3) is 5.76 Å². The van der Waals surface area contributed by atoms with E-state index < -0.39 is 69.6 Å². The number of benzene rings is 1. The first kappa shape index (κ1) is 25.4. The molecule has 0 spiro atoms. The van der Waals surface area contributed by atoms with Gasteiger partial charge in [-0.25, -0.2) is 4.39 Å². The number of amides is 1. The number of nitrogens with two attached hydrogens (primary N) is 1. The molecule has 4 aliphatic rings. The molecular weight excluding hydrogens is 485 g/mol. The van der Waals surface area contributed by atoms with Gasteiger partial charge in [0.1, 0.15) is 28.7 Å². The quantitative estimate of drug-likeness (QED) is 0.309. The van der Waals surface area contributed by atoms with Crippen LogP contribution < -0.4 is 11.1 Å². The molecule has 37 heavy (non-hydrogen) atoms. The predicted molar refractivity (Wildman–Crippen MR) is 129 cm³/mol. The van der Waals surface area contributed by atoms with E-state index in [9.17, 15) is 34.8 Å². The van der Waals surface area contributed by atoms with Crippen LogP contribution in [-0.4, -0.2) is 74.1 Å². The maximum Gasteiger partial charge on any atom is 0.255 e. The molecule has 7 N–H and O–H groups in total. The van der Waals surface area contributed by atoms with E-state index in [0.29, 0.717) is 0 Å². The number of hydrogen-bond acceptors (Lipinski definition) is 9. The van der Waals surface area contributed by atoms with Crippen LogP contribution in [0.15, 0.2) is 23.0 Å². The second-order valence-electron chi connectivity index (χ2n) is 11.1. The highest BCUT2D eigenvalue weighted by Crippen LogP contribution is 2.53. The smallest absolute Gasteiger partial charge is 0.255 e. The van der Waals surface area contributed by atoms with Crippen LogP contribution >= 0.6 is 0 Å². The van der Waals surface area contributed by atoms with Crippen molar-refractivity contribution in [3.05, 3.63) is 45.5 Å². The summed E-state index contributed by atoms with van der Waals surface area (Å²) in [5.74, 6) is -8.20. The Kier molecular flexibility index (Phi) is 5.56. The Morgan fingerprint density at radius 1 is 1.24 bits per heavy atom. The van der Waals surface area contributed by atoms with Crippen LogP contribution in [-0.2, 0) is 27.3 Å². The summed E-state index contributed by atoms with van der Waals surface area (Å²) in [5.41, 5.74) is 1.31. The number of hydrogen-bond donors (Lipinski definition) is 6. The molecule has 0 aliphatic heterocycles. The Morgan fingerprint density at radius 2 is 1.89 bits per heavy atom. The Balaban J connectivity index is 1.65. The van der Waals surface area contributed by atoms with Gasteiger partial charge in [0.25, 0.3) is 5.91 Å². The molecule has 0 saturated heterocycles. The minimum absolute atomic E-state index is 0.0309. The molecule has 0 bridgehead atoms. The second-order valence-corrected chi connectivity index (χ2v) is 11.1. The van der Waals surface area contributed by atoms with Gasteiger partial charge in [0.2, 0.25) is 5.78 Å². The summed E-state index contributed by atoms with van der Waals surface area (Å²) in [6.07, 6.45) is 1.74. The first-order valence-electron chi connectivity index (χ1n) is 12.2. The molecule has 10 nitrogen and oxygen atoms in total. The van der Waals surface area contributed by atoms with Crippen LogP contribution in [0.5, 0.6) is 5.75 Å². The number of primary amides is 1. The Bertz CT molecular complexity index is 1330. The third kappa shape index (κ3) is 3.52.